The molecule has 1 aromatic carbocycles. The Hall–Kier alpha value is -1.72. The molecule has 5 unspecified atom stereocenters. The highest BCUT2D eigenvalue weighted by Crippen LogP contribution is 2.35. The van der Waals surface area contributed by atoms with Crippen molar-refractivity contribution >= 4 is 94.4 Å². The lowest BCUT2D eigenvalue weighted by atomic mass is 10.2. The second-order valence-electron chi connectivity index (χ2n) is 11.7. The highest BCUT2D eigenvalue weighted by atomic mass is 32.2. The van der Waals surface area contributed by atoms with Gasteiger partial charge in [-0.1, -0.05) is 19.2 Å². The molecule has 0 saturated carbocycles. The maximum Gasteiger partial charge on any atom is 0.335 e. The number of carbonyl (C=O) groups excluding carboxylic acids is 2. The van der Waals surface area contributed by atoms with Crippen LogP contribution in [0, 0.1) is 0 Å². The average Bonchev–Trinajstić information content (AvgIpc) is 3.07. The van der Waals surface area contributed by atoms with Gasteiger partial charge in [-0.15, -0.1) is 23.5 Å². The van der Waals surface area contributed by atoms with Gasteiger partial charge in [0, 0.05) is 62.2 Å². The van der Waals surface area contributed by atoms with Crippen LogP contribution >= 0.6 is 70.6 Å². The van der Waals surface area contributed by atoms with Crippen molar-refractivity contribution in [1.82, 2.24) is 0 Å². The van der Waals surface area contributed by atoms with Gasteiger partial charge in [-0.05, 0) is 50.3 Å². The number of hydrogen-bond acceptors (Lipinski definition) is 14. The van der Waals surface area contributed by atoms with E-state index in [9.17, 15) is 19.2 Å². The maximum atomic E-state index is 12.8. The van der Waals surface area contributed by atoms with E-state index < -0.39 is 53.2 Å². The molecule has 0 bridgehead atoms. The van der Waals surface area contributed by atoms with Crippen molar-refractivity contribution < 1.29 is 48.3 Å². The summed E-state index contributed by atoms with van der Waals surface area (Å²) in [6, 6.07) is 6.97. The van der Waals surface area contributed by atoms with E-state index in [1.165, 1.54) is 23.5 Å². The quantitative estimate of drug-likeness (QED) is 0.0706. The van der Waals surface area contributed by atoms with Gasteiger partial charge >= 0.3 is 23.9 Å². The molecule has 5 atom stereocenters. The van der Waals surface area contributed by atoms with E-state index in [0.717, 1.165) is 53.1 Å². The summed E-state index contributed by atoms with van der Waals surface area (Å²) in [5.74, 6) is 5.20. The smallest absolute Gasteiger partial charge is 0.335 e. The first kappa shape index (κ1) is 42.7. The summed E-state index contributed by atoms with van der Waals surface area (Å²) in [6.45, 7) is 10.6. The van der Waals surface area contributed by atoms with Crippen molar-refractivity contribution in [3.63, 3.8) is 0 Å². The second kappa shape index (κ2) is 22.4. The number of carbonyl (C=O) groups is 4. The van der Waals surface area contributed by atoms with Crippen LogP contribution in [0.2, 0.25) is 0 Å². The van der Waals surface area contributed by atoms with Crippen LogP contribution in [0.4, 0.5) is 0 Å². The molecule has 2 N–H and O–H groups in total. The zero-order valence-electron chi connectivity index (χ0n) is 28.3. The number of aliphatic carboxylic acids is 2. The summed E-state index contributed by atoms with van der Waals surface area (Å²) < 4.78 is 23.9. The van der Waals surface area contributed by atoms with E-state index >= 15 is 0 Å². The lowest BCUT2D eigenvalue weighted by molar-refractivity contribution is -0.149. The molecule has 2 aliphatic rings. The summed E-state index contributed by atoms with van der Waals surface area (Å²) in [5, 5.41) is 19.2. The molecule has 0 aromatic heterocycles. The number of benzene rings is 1. The molecule has 0 spiro atoms. The summed E-state index contributed by atoms with van der Waals surface area (Å²) in [6.07, 6.45) is 0.130. The fourth-order valence-electron chi connectivity index (χ4n) is 4.57. The van der Waals surface area contributed by atoms with Crippen LogP contribution in [0.25, 0.3) is 0 Å². The van der Waals surface area contributed by atoms with Gasteiger partial charge in [0.05, 0.1) is 12.8 Å². The molecule has 0 amide bonds. The number of thioether (sulfide) groups is 6. The third-order valence-electron chi connectivity index (χ3n) is 7.19. The SMILES string of the molecule is C=C(CC(=O)O)C(=O)OC(C)C(Oc1cccc(OCC(C)(OC(=O)C(=C)CC(=O)O)SCCC2CSCCS2)c1)SCCC1CSCCS1. The minimum atomic E-state index is -1.17. The number of carboxylic acid groups (broad SMARTS) is 2. The highest BCUT2D eigenvalue weighted by molar-refractivity contribution is 8.07. The largest absolute Gasteiger partial charge is 0.488 e. The molecular weight excluding hydrogens is 761 g/mol. The lowest BCUT2D eigenvalue weighted by Crippen LogP contribution is -2.36. The van der Waals surface area contributed by atoms with Gasteiger partial charge in [-0.3, -0.25) is 9.59 Å². The highest BCUT2D eigenvalue weighted by Gasteiger charge is 2.33. The van der Waals surface area contributed by atoms with Crippen LogP contribution in [0.3, 0.4) is 0 Å². The second-order valence-corrected chi connectivity index (χ2v) is 19.5. The first-order valence-corrected chi connectivity index (χ1v) is 22.5. The van der Waals surface area contributed by atoms with Gasteiger partial charge in [-0.2, -0.15) is 47.0 Å². The molecule has 2 aliphatic heterocycles. The standard InChI is InChI=1S/C34H46O10S6/c1-22(16-29(35)36)31(39)42-24(3)33(49-10-8-27-19-45-12-14-47-27)43-26-7-5-6-25(18-26)41-21-34(4,44-32(40)23(2)17-30(37)38)50-11-9-28-20-46-13-15-48-28/h5-7,18,24,27-28,33H,1-2,8-17,19-21H2,3-4H3,(H,35,36)(H,37,38). The monoisotopic (exact) mass is 806 g/mol. The van der Waals surface area contributed by atoms with E-state index in [0.29, 0.717) is 27.8 Å². The molecular formula is C34H46O10S6. The summed E-state index contributed by atoms with van der Waals surface area (Å²) in [4.78, 5) is 46.5. The molecule has 2 fully saturated rings. The number of ether oxygens (including phenoxy) is 4. The molecule has 2 saturated heterocycles. The van der Waals surface area contributed by atoms with Gasteiger partial charge in [0.15, 0.2) is 10.4 Å². The van der Waals surface area contributed by atoms with Crippen molar-refractivity contribution in [2.45, 2.75) is 66.5 Å². The number of carboxylic acids is 2. The average molecular weight is 807 g/mol. The van der Waals surface area contributed by atoms with E-state index in [1.54, 1.807) is 38.1 Å². The molecule has 2 heterocycles. The molecule has 3 rings (SSSR count). The first-order valence-electron chi connectivity index (χ1n) is 16.1. The molecule has 50 heavy (non-hydrogen) atoms. The van der Waals surface area contributed by atoms with Crippen molar-refractivity contribution in [1.29, 1.82) is 0 Å². The third kappa shape index (κ3) is 16.3. The third-order valence-corrected chi connectivity index (χ3v) is 15.5. The number of esters is 2. The van der Waals surface area contributed by atoms with Crippen LogP contribution in [-0.2, 0) is 28.7 Å². The van der Waals surface area contributed by atoms with Crippen LogP contribution < -0.4 is 9.47 Å². The van der Waals surface area contributed by atoms with Crippen molar-refractivity contribution in [3.05, 3.63) is 48.6 Å². The van der Waals surface area contributed by atoms with Crippen LogP contribution in [-0.4, -0.2) is 114 Å². The van der Waals surface area contributed by atoms with Crippen molar-refractivity contribution in [3.8, 4) is 11.5 Å². The fraction of sp³-hybridized carbons (Fsp3) is 0.588. The van der Waals surface area contributed by atoms with Crippen molar-refractivity contribution in [2.75, 3.05) is 52.6 Å². The van der Waals surface area contributed by atoms with Crippen molar-refractivity contribution in [2.24, 2.45) is 0 Å². The number of hydrogen-bond donors (Lipinski definition) is 2. The van der Waals surface area contributed by atoms with Gasteiger partial charge in [0.1, 0.15) is 24.2 Å². The zero-order valence-corrected chi connectivity index (χ0v) is 33.2. The van der Waals surface area contributed by atoms with E-state index in [-0.39, 0.29) is 17.8 Å². The molecule has 1 aromatic rings. The minimum Gasteiger partial charge on any atom is -0.488 e. The Morgan fingerprint density at radius 3 is 2.06 bits per heavy atom. The van der Waals surface area contributed by atoms with E-state index in [2.05, 4.69) is 13.2 Å². The Morgan fingerprint density at radius 2 is 1.48 bits per heavy atom. The predicted octanol–water partition coefficient (Wildman–Crippen LogP) is 6.97. The Kier molecular flexibility index (Phi) is 19.1. The molecule has 10 nitrogen and oxygen atoms in total. The molecule has 0 radical (unpaired) electrons. The predicted molar refractivity (Wildman–Crippen MR) is 210 cm³/mol. The normalized spacial score (nSPS) is 20.0. The summed E-state index contributed by atoms with van der Waals surface area (Å²) in [5.41, 5.74) is -0.903. The first-order chi connectivity index (χ1) is 23.8. The van der Waals surface area contributed by atoms with Gasteiger partial charge in [-0.25, -0.2) is 9.59 Å². The molecule has 16 heteroatoms. The maximum absolute atomic E-state index is 12.8. The number of rotatable bonds is 22. The van der Waals surface area contributed by atoms with Crippen LogP contribution in [0.15, 0.2) is 48.6 Å². The van der Waals surface area contributed by atoms with Crippen LogP contribution in [0.5, 0.6) is 11.5 Å². The topological polar surface area (TPSA) is 146 Å². The van der Waals surface area contributed by atoms with Crippen LogP contribution in [0.1, 0.15) is 39.5 Å². The molecule has 278 valence electrons. The van der Waals surface area contributed by atoms with E-state index in [1.807, 2.05) is 47.0 Å². The fourth-order valence-corrected chi connectivity index (χ4v) is 12.6. The van der Waals surface area contributed by atoms with Gasteiger partial charge in [0.2, 0.25) is 0 Å². The summed E-state index contributed by atoms with van der Waals surface area (Å²) >= 11 is 10.8. The van der Waals surface area contributed by atoms with E-state index in [4.69, 9.17) is 29.2 Å². The minimum absolute atomic E-state index is 0.0191. The Morgan fingerprint density at radius 1 is 0.900 bits per heavy atom. The Bertz CT molecular complexity index is 1320. The Balaban J connectivity index is 1.69. The van der Waals surface area contributed by atoms with Gasteiger partial charge in [0.25, 0.3) is 0 Å². The zero-order chi connectivity index (χ0) is 36.5. The molecule has 0 aliphatic carbocycles. The van der Waals surface area contributed by atoms with Gasteiger partial charge < -0.3 is 29.2 Å². The Labute approximate surface area is 320 Å². The lowest BCUT2D eigenvalue weighted by Gasteiger charge is -2.30. The summed E-state index contributed by atoms with van der Waals surface area (Å²) in [7, 11) is 0.